The normalized spacial score (nSPS) is 17.1. The second kappa shape index (κ2) is 10.4. The van der Waals surface area contributed by atoms with Gasteiger partial charge in [-0.25, -0.2) is 22.7 Å². The average molecular weight is 514 g/mol. The van der Waals surface area contributed by atoms with E-state index < -0.39 is 40.2 Å². The van der Waals surface area contributed by atoms with E-state index in [-0.39, 0.29) is 17.8 Å². The molecular formula is C27H29F2N3O3S. The summed E-state index contributed by atoms with van der Waals surface area (Å²) < 4.78 is 50.2. The molecule has 0 saturated heterocycles. The number of carbonyl (C=O) groups excluding carboxylic acids is 1. The quantitative estimate of drug-likeness (QED) is 0.453. The van der Waals surface area contributed by atoms with Gasteiger partial charge in [0.15, 0.2) is 0 Å². The van der Waals surface area contributed by atoms with Crippen molar-refractivity contribution in [3.05, 3.63) is 83.1 Å². The number of amides is 1. The molecule has 1 unspecified atom stereocenters. The number of hydrogen-bond acceptors (Lipinski definition) is 4. The van der Waals surface area contributed by atoms with Gasteiger partial charge in [0.25, 0.3) is 5.91 Å². The first-order chi connectivity index (χ1) is 17.1. The third-order valence-electron chi connectivity index (χ3n) is 6.13. The van der Waals surface area contributed by atoms with Crippen molar-refractivity contribution in [3.8, 4) is 5.88 Å². The summed E-state index contributed by atoms with van der Waals surface area (Å²) in [7, 11) is -1.51. The number of anilines is 1. The number of nitrogens with zero attached hydrogens (tertiary/aromatic N) is 2. The van der Waals surface area contributed by atoms with Crippen LogP contribution in [0.2, 0.25) is 0 Å². The fourth-order valence-corrected chi connectivity index (χ4v) is 5.24. The van der Waals surface area contributed by atoms with Crippen LogP contribution in [0.25, 0.3) is 0 Å². The first kappa shape index (κ1) is 25.9. The molecule has 1 aliphatic heterocycles. The number of hydrogen-bond donors (Lipinski definition) is 1. The monoisotopic (exact) mass is 513 g/mol. The van der Waals surface area contributed by atoms with Gasteiger partial charge < -0.3 is 9.64 Å². The van der Waals surface area contributed by atoms with E-state index in [4.69, 9.17) is 4.74 Å². The van der Waals surface area contributed by atoms with Crippen molar-refractivity contribution in [2.24, 2.45) is 0 Å². The summed E-state index contributed by atoms with van der Waals surface area (Å²) in [6, 6.07) is 11.9. The average Bonchev–Trinajstić information content (AvgIpc) is 2.84. The van der Waals surface area contributed by atoms with Gasteiger partial charge in [0, 0.05) is 30.8 Å². The third-order valence-corrected chi connectivity index (χ3v) is 7.33. The molecule has 2 aromatic carbocycles. The first-order valence-electron chi connectivity index (χ1n) is 11.8. The molecule has 9 heteroatoms. The molecule has 1 aromatic heterocycles. The second-order valence-electron chi connectivity index (χ2n) is 9.27. The molecule has 0 fully saturated rings. The number of carbonyl (C=O) groups is 1. The molecule has 2 heterocycles. The van der Waals surface area contributed by atoms with Crippen molar-refractivity contribution in [2.45, 2.75) is 57.1 Å². The minimum absolute atomic E-state index is 0.0229. The Kier molecular flexibility index (Phi) is 7.51. The summed E-state index contributed by atoms with van der Waals surface area (Å²) in [5.74, 6) is -1.70. The van der Waals surface area contributed by atoms with Crippen LogP contribution in [0.1, 0.15) is 61.6 Å². The van der Waals surface area contributed by atoms with Crippen molar-refractivity contribution in [3.63, 3.8) is 0 Å². The smallest absolute Gasteiger partial charge is 0.259 e. The Labute approximate surface area is 212 Å². The molecule has 1 aliphatic rings. The number of fused-ring (bicyclic) bond motifs is 1. The highest BCUT2D eigenvalue weighted by molar-refractivity contribution is 7.83. The standard InChI is InChI=1S/C27H29F2N3O3S/c1-5-17-7-10-20(11-8-17)36(34)31-23-15-27(3,4)35-25-21(23)13-18(16-30-25)26(33)32(6-2)24-12-9-19(28)14-22(24)29/h7-14,16,23,31H,5-6,15H2,1-4H3/t23-,36?/m0/s1. The Morgan fingerprint density at radius 1 is 1.17 bits per heavy atom. The Hall–Kier alpha value is -3.17. The van der Waals surface area contributed by atoms with Gasteiger partial charge in [0.2, 0.25) is 5.88 Å². The third kappa shape index (κ3) is 5.47. The zero-order chi connectivity index (χ0) is 26.0. The fourth-order valence-electron chi connectivity index (χ4n) is 4.26. The molecule has 0 radical (unpaired) electrons. The Morgan fingerprint density at radius 3 is 2.53 bits per heavy atom. The van der Waals surface area contributed by atoms with Gasteiger partial charge in [-0.05, 0) is 63.1 Å². The van der Waals surface area contributed by atoms with Crippen molar-refractivity contribution in [1.29, 1.82) is 0 Å². The lowest BCUT2D eigenvalue weighted by atomic mass is 9.91. The van der Waals surface area contributed by atoms with Crippen LogP contribution in [0.15, 0.2) is 59.6 Å². The minimum Gasteiger partial charge on any atom is -0.471 e. The largest absolute Gasteiger partial charge is 0.471 e. The molecule has 0 bridgehead atoms. The summed E-state index contributed by atoms with van der Waals surface area (Å²) in [6.45, 7) is 7.76. The second-order valence-corrected chi connectivity index (χ2v) is 10.5. The lowest BCUT2D eigenvalue weighted by molar-refractivity contribution is 0.0642. The van der Waals surface area contributed by atoms with E-state index in [1.807, 2.05) is 38.1 Å². The highest BCUT2D eigenvalue weighted by atomic mass is 32.2. The molecule has 190 valence electrons. The van der Waals surface area contributed by atoms with Crippen molar-refractivity contribution in [1.82, 2.24) is 9.71 Å². The number of aryl methyl sites for hydroxylation is 1. The zero-order valence-electron chi connectivity index (χ0n) is 20.7. The molecule has 0 saturated carbocycles. The molecule has 0 spiro atoms. The molecule has 6 nitrogen and oxygen atoms in total. The van der Waals surface area contributed by atoms with Crippen LogP contribution in [-0.2, 0) is 17.4 Å². The summed E-state index contributed by atoms with van der Waals surface area (Å²) in [6.07, 6.45) is 2.76. The van der Waals surface area contributed by atoms with Crippen LogP contribution in [0, 0.1) is 11.6 Å². The lowest BCUT2D eigenvalue weighted by Crippen LogP contribution is -2.40. The van der Waals surface area contributed by atoms with Crippen LogP contribution in [0.5, 0.6) is 5.88 Å². The Bertz CT molecular complexity index is 1300. The van der Waals surface area contributed by atoms with E-state index >= 15 is 0 Å². The molecule has 1 N–H and O–H groups in total. The molecule has 1 amide bonds. The summed E-state index contributed by atoms with van der Waals surface area (Å²) >= 11 is 0. The number of halogens is 2. The maximum Gasteiger partial charge on any atom is 0.259 e. The SMILES string of the molecule is CCc1ccc(S(=O)N[C@H]2CC(C)(C)Oc3ncc(C(=O)N(CC)c4ccc(F)cc4F)cc32)cc1. The summed E-state index contributed by atoms with van der Waals surface area (Å²) in [5.41, 5.74) is 1.36. The van der Waals surface area contributed by atoms with E-state index in [0.29, 0.717) is 22.8 Å². The number of nitrogens with one attached hydrogen (secondary N) is 1. The van der Waals surface area contributed by atoms with Gasteiger partial charge in [-0.1, -0.05) is 19.1 Å². The van der Waals surface area contributed by atoms with Crippen molar-refractivity contribution in [2.75, 3.05) is 11.4 Å². The molecule has 2 atom stereocenters. The van der Waals surface area contributed by atoms with E-state index in [2.05, 4.69) is 16.6 Å². The molecular weight excluding hydrogens is 484 g/mol. The van der Waals surface area contributed by atoms with Gasteiger partial charge in [-0.15, -0.1) is 0 Å². The summed E-state index contributed by atoms with van der Waals surface area (Å²) in [5, 5.41) is 0. The highest BCUT2D eigenvalue weighted by Gasteiger charge is 2.36. The van der Waals surface area contributed by atoms with Crippen LogP contribution < -0.4 is 14.4 Å². The molecule has 4 rings (SSSR count). The predicted molar refractivity (Wildman–Crippen MR) is 135 cm³/mol. The lowest BCUT2D eigenvalue weighted by Gasteiger charge is -2.37. The van der Waals surface area contributed by atoms with Crippen LogP contribution in [-0.4, -0.2) is 27.2 Å². The van der Waals surface area contributed by atoms with Crippen LogP contribution in [0.4, 0.5) is 14.5 Å². The minimum atomic E-state index is -1.51. The van der Waals surface area contributed by atoms with Crippen molar-refractivity contribution < 1.29 is 22.5 Å². The maximum absolute atomic E-state index is 14.4. The summed E-state index contributed by atoms with van der Waals surface area (Å²) in [4.78, 5) is 19.6. The van der Waals surface area contributed by atoms with E-state index in [1.165, 1.54) is 17.2 Å². The predicted octanol–water partition coefficient (Wildman–Crippen LogP) is 5.50. The number of rotatable bonds is 7. The maximum atomic E-state index is 14.4. The van der Waals surface area contributed by atoms with E-state index in [1.54, 1.807) is 13.0 Å². The molecule has 0 aliphatic carbocycles. The van der Waals surface area contributed by atoms with E-state index in [0.717, 1.165) is 24.1 Å². The van der Waals surface area contributed by atoms with Crippen LogP contribution >= 0.6 is 0 Å². The van der Waals surface area contributed by atoms with Gasteiger partial charge in [0.1, 0.15) is 28.2 Å². The molecule has 3 aromatic rings. The van der Waals surface area contributed by atoms with Crippen LogP contribution in [0.3, 0.4) is 0 Å². The fraction of sp³-hybridized carbons (Fsp3) is 0.333. The topological polar surface area (TPSA) is 71.5 Å². The first-order valence-corrected chi connectivity index (χ1v) is 13.0. The number of aromatic nitrogens is 1. The van der Waals surface area contributed by atoms with Gasteiger partial charge in [0.05, 0.1) is 22.2 Å². The Morgan fingerprint density at radius 2 is 1.89 bits per heavy atom. The zero-order valence-corrected chi connectivity index (χ0v) is 21.5. The van der Waals surface area contributed by atoms with Gasteiger partial charge in [-0.2, -0.15) is 0 Å². The molecule has 36 heavy (non-hydrogen) atoms. The van der Waals surface area contributed by atoms with E-state index in [9.17, 15) is 17.8 Å². The number of benzene rings is 2. The number of pyridine rings is 1. The number of ether oxygens (including phenoxy) is 1. The highest BCUT2D eigenvalue weighted by Crippen LogP contribution is 2.39. The Balaban J connectivity index is 1.65. The van der Waals surface area contributed by atoms with Gasteiger partial charge >= 0.3 is 0 Å². The van der Waals surface area contributed by atoms with Crippen molar-refractivity contribution >= 4 is 22.6 Å². The van der Waals surface area contributed by atoms with Gasteiger partial charge in [-0.3, -0.25) is 4.79 Å².